The molecule has 1 amide bonds. The minimum atomic E-state index is 0.0274. The van der Waals surface area contributed by atoms with Crippen molar-refractivity contribution in [3.63, 3.8) is 0 Å². The summed E-state index contributed by atoms with van der Waals surface area (Å²) in [5, 5.41) is 7.48. The second-order valence-corrected chi connectivity index (χ2v) is 6.73. The maximum atomic E-state index is 12.1. The van der Waals surface area contributed by atoms with E-state index in [0.29, 0.717) is 0 Å². The Morgan fingerprint density at radius 2 is 2.26 bits per heavy atom. The number of nitrogens with zero attached hydrogens (tertiary/aromatic N) is 1. The highest BCUT2D eigenvalue weighted by atomic mass is 32.1. The van der Waals surface area contributed by atoms with Gasteiger partial charge in [0.1, 0.15) is 4.88 Å². The van der Waals surface area contributed by atoms with Crippen molar-refractivity contribution in [2.45, 2.75) is 39.5 Å². The number of nitrogens with one attached hydrogen (secondary N) is 2. The van der Waals surface area contributed by atoms with Crippen LogP contribution in [0.15, 0.2) is 6.20 Å². The normalized spacial score (nSPS) is 18.2. The fourth-order valence-corrected chi connectivity index (χ4v) is 3.27. The maximum Gasteiger partial charge on any atom is 0.263 e. The van der Waals surface area contributed by atoms with Crippen molar-refractivity contribution in [2.24, 2.45) is 5.41 Å². The van der Waals surface area contributed by atoms with Crippen LogP contribution in [0.1, 0.15) is 47.8 Å². The van der Waals surface area contributed by atoms with E-state index in [9.17, 15) is 4.79 Å². The Hall–Kier alpha value is -0.940. The molecule has 2 rings (SSSR count). The monoisotopic (exact) mass is 281 g/mol. The Morgan fingerprint density at radius 1 is 1.53 bits per heavy atom. The molecule has 2 N–H and O–H groups in total. The van der Waals surface area contributed by atoms with Gasteiger partial charge in [0.25, 0.3) is 5.91 Å². The highest BCUT2D eigenvalue weighted by Crippen LogP contribution is 2.27. The van der Waals surface area contributed by atoms with E-state index < -0.39 is 0 Å². The fourth-order valence-electron chi connectivity index (χ4n) is 2.33. The molecule has 1 saturated heterocycles. The van der Waals surface area contributed by atoms with Gasteiger partial charge < -0.3 is 10.6 Å². The summed E-state index contributed by atoms with van der Waals surface area (Å²) in [6.07, 6.45) is 5.98. The van der Waals surface area contributed by atoms with E-state index in [1.54, 1.807) is 6.20 Å². The largest absolute Gasteiger partial charge is 0.351 e. The number of hydrogen-bond donors (Lipinski definition) is 2. The van der Waals surface area contributed by atoms with Crippen molar-refractivity contribution in [3.05, 3.63) is 16.1 Å². The fraction of sp³-hybridized carbons (Fsp3) is 0.714. The molecule has 0 spiro atoms. The molecular weight excluding hydrogens is 258 g/mol. The molecule has 1 aromatic rings. The Kier molecular flexibility index (Phi) is 4.93. The number of aryl methyl sites for hydroxylation is 1. The van der Waals surface area contributed by atoms with E-state index in [1.165, 1.54) is 11.3 Å². The van der Waals surface area contributed by atoms with Crippen molar-refractivity contribution in [2.75, 3.05) is 19.6 Å². The lowest BCUT2D eigenvalue weighted by molar-refractivity contribution is 0.0926. The third-order valence-electron chi connectivity index (χ3n) is 3.73. The van der Waals surface area contributed by atoms with E-state index in [0.717, 1.165) is 55.2 Å². The zero-order valence-corrected chi connectivity index (χ0v) is 12.6. The number of amides is 1. The van der Waals surface area contributed by atoms with Crippen LogP contribution in [0.3, 0.4) is 0 Å². The molecule has 106 valence electrons. The lowest BCUT2D eigenvalue weighted by Crippen LogP contribution is -2.42. The molecule has 1 aliphatic rings. The third-order valence-corrected chi connectivity index (χ3v) is 4.78. The lowest BCUT2D eigenvalue weighted by atomic mass is 9.81. The van der Waals surface area contributed by atoms with Crippen molar-refractivity contribution >= 4 is 17.2 Å². The predicted octanol–water partition coefficient (Wildman–Crippen LogP) is 2.22. The molecule has 0 bridgehead atoms. The summed E-state index contributed by atoms with van der Waals surface area (Å²) in [5.74, 6) is 0.0274. The van der Waals surface area contributed by atoms with Crippen LogP contribution in [-0.4, -0.2) is 30.5 Å². The van der Waals surface area contributed by atoms with Crippen LogP contribution in [0, 0.1) is 5.41 Å². The topological polar surface area (TPSA) is 54.0 Å². The average Bonchev–Trinajstić information content (AvgIpc) is 2.86. The van der Waals surface area contributed by atoms with Crippen molar-refractivity contribution in [1.29, 1.82) is 0 Å². The highest BCUT2D eigenvalue weighted by molar-refractivity contribution is 7.13. The summed E-state index contributed by atoms with van der Waals surface area (Å²) >= 11 is 1.52. The van der Waals surface area contributed by atoms with Gasteiger partial charge in [-0.3, -0.25) is 4.79 Å². The van der Waals surface area contributed by atoms with Gasteiger partial charge in [-0.1, -0.05) is 13.8 Å². The first kappa shape index (κ1) is 14.5. The first-order valence-electron chi connectivity index (χ1n) is 7.06. The molecule has 1 fully saturated rings. The molecule has 19 heavy (non-hydrogen) atoms. The number of piperidine rings is 1. The molecule has 1 aromatic heterocycles. The van der Waals surface area contributed by atoms with Gasteiger partial charge in [0.2, 0.25) is 0 Å². The van der Waals surface area contributed by atoms with Crippen molar-refractivity contribution < 1.29 is 4.79 Å². The number of hydrogen-bond acceptors (Lipinski definition) is 4. The number of aromatic nitrogens is 1. The molecule has 2 heterocycles. The van der Waals surface area contributed by atoms with E-state index in [1.807, 2.05) is 0 Å². The molecule has 0 unspecified atom stereocenters. The zero-order chi connectivity index (χ0) is 13.7. The Balaban J connectivity index is 1.86. The van der Waals surface area contributed by atoms with Crippen LogP contribution in [0.25, 0.3) is 0 Å². The van der Waals surface area contributed by atoms with Gasteiger partial charge in [0.15, 0.2) is 0 Å². The smallest absolute Gasteiger partial charge is 0.263 e. The molecule has 0 saturated carbocycles. The average molecular weight is 281 g/mol. The summed E-state index contributed by atoms with van der Waals surface area (Å²) < 4.78 is 0. The van der Waals surface area contributed by atoms with Crippen molar-refractivity contribution in [1.82, 2.24) is 15.6 Å². The second kappa shape index (κ2) is 6.48. The number of carbonyl (C=O) groups excluding carboxylic acids is 1. The zero-order valence-electron chi connectivity index (χ0n) is 11.8. The van der Waals surface area contributed by atoms with E-state index in [4.69, 9.17) is 0 Å². The molecule has 1 aliphatic heterocycles. The van der Waals surface area contributed by atoms with E-state index >= 15 is 0 Å². The van der Waals surface area contributed by atoms with Gasteiger partial charge in [-0.2, -0.15) is 0 Å². The van der Waals surface area contributed by atoms with Crippen LogP contribution < -0.4 is 10.6 Å². The first-order chi connectivity index (χ1) is 9.13. The van der Waals surface area contributed by atoms with Gasteiger partial charge in [0, 0.05) is 6.54 Å². The summed E-state index contributed by atoms with van der Waals surface area (Å²) in [6.45, 7) is 7.23. The minimum Gasteiger partial charge on any atom is -0.351 e. The predicted molar refractivity (Wildman–Crippen MR) is 78.7 cm³/mol. The number of carbonyl (C=O) groups is 1. The number of rotatable bonds is 5. The van der Waals surface area contributed by atoms with E-state index in [-0.39, 0.29) is 11.3 Å². The number of thiazole rings is 1. The maximum absolute atomic E-state index is 12.1. The molecule has 0 aromatic carbocycles. The molecule has 0 radical (unpaired) electrons. The molecule has 0 aliphatic carbocycles. The van der Waals surface area contributed by atoms with Crippen LogP contribution in [0.4, 0.5) is 0 Å². The Bertz CT molecular complexity index is 424. The van der Waals surface area contributed by atoms with Crippen LogP contribution >= 0.6 is 11.3 Å². The summed E-state index contributed by atoms with van der Waals surface area (Å²) in [4.78, 5) is 17.1. The molecule has 0 atom stereocenters. The third kappa shape index (κ3) is 4.01. The van der Waals surface area contributed by atoms with Gasteiger partial charge in [-0.15, -0.1) is 11.3 Å². The van der Waals surface area contributed by atoms with Gasteiger partial charge >= 0.3 is 0 Å². The van der Waals surface area contributed by atoms with Gasteiger partial charge in [-0.05, 0) is 44.2 Å². The SMILES string of the molecule is CCCc1ncc(C(=O)NCC2(C)CCNCC2)s1. The van der Waals surface area contributed by atoms with Crippen LogP contribution in [0.5, 0.6) is 0 Å². The minimum absolute atomic E-state index is 0.0274. The molecular formula is C14H23N3OS. The Morgan fingerprint density at radius 3 is 2.95 bits per heavy atom. The van der Waals surface area contributed by atoms with Gasteiger partial charge in [0.05, 0.1) is 11.2 Å². The quantitative estimate of drug-likeness (QED) is 0.870. The summed E-state index contributed by atoms with van der Waals surface area (Å²) in [5.41, 5.74) is 0.234. The highest BCUT2D eigenvalue weighted by Gasteiger charge is 2.27. The summed E-state index contributed by atoms with van der Waals surface area (Å²) in [6, 6.07) is 0. The molecule has 5 heteroatoms. The standard InChI is InChI=1S/C14H23N3OS/c1-3-4-12-16-9-11(19-12)13(18)17-10-14(2)5-7-15-8-6-14/h9,15H,3-8,10H2,1-2H3,(H,17,18). The van der Waals surface area contributed by atoms with E-state index in [2.05, 4.69) is 29.5 Å². The van der Waals surface area contributed by atoms with Crippen LogP contribution in [0.2, 0.25) is 0 Å². The Labute approximate surface area is 119 Å². The first-order valence-corrected chi connectivity index (χ1v) is 7.88. The summed E-state index contributed by atoms with van der Waals surface area (Å²) in [7, 11) is 0. The molecule has 4 nitrogen and oxygen atoms in total. The second-order valence-electron chi connectivity index (χ2n) is 5.61. The van der Waals surface area contributed by atoms with Gasteiger partial charge in [-0.25, -0.2) is 4.98 Å². The van der Waals surface area contributed by atoms with Crippen molar-refractivity contribution in [3.8, 4) is 0 Å². The lowest BCUT2D eigenvalue weighted by Gasteiger charge is -2.34. The van der Waals surface area contributed by atoms with Crippen LogP contribution in [-0.2, 0) is 6.42 Å².